The molecule has 0 bridgehead atoms. The summed E-state index contributed by atoms with van der Waals surface area (Å²) in [6.07, 6.45) is 25.8. The first-order valence-electron chi connectivity index (χ1n) is 10.2. The van der Waals surface area contributed by atoms with Gasteiger partial charge in [-0.1, -0.05) is 70.4 Å². The highest BCUT2D eigenvalue weighted by Gasteiger charge is 2.16. The summed E-state index contributed by atoms with van der Waals surface area (Å²) in [6.45, 7) is 4.62. The molecule has 2 atom stereocenters. The van der Waals surface area contributed by atoms with Crippen molar-refractivity contribution in [1.82, 2.24) is 5.32 Å². The van der Waals surface area contributed by atoms with Crippen LogP contribution in [0.4, 0.5) is 0 Å². The van der Waals surface area contributed by atoms with Gasteiger partial charge in [-0.05, 0) is 51.9 Å². The van der Waals surface area contributed by atoms with Crippen molar-refractivity contribution in [3.05, 3.63) is 12.2 Å². The molecule has 0 aliphatic carbocycles. The molecule has 1 N–H and O–H groups in total. The minimum absolute atomic E-state index is 0.747. The van der Waals surface area contributed by atoms with Gasteiger partial charge < -0.3 is 5.32 Å². The van der Waals surface area contributed by atoms with E-state index in [1.165, 1.54) is 96.3 Å². The Bertz CT molecular complexity index is 259. The van der Waals surface area contributed by atoms with Gasteiger partial charge in [-0.25, -0.2) is 0 Å². The fourth-order valence-corrected chi connectivity index (χ4v) is 3.58. The molecule has 1 rings (SSSR count). The number of hydrogen-bond donors (Lipinski definition) is 1. The molecule has 1 saturated heterocycles. The summed E-state index contributed by atoms with van der Waals surface area (Å²) in [5.74, 6) is 0. The number of nitrogens with one attached hydrogen (secondary N) is 1. The minimum Gasteiger partial charge on any atom is -0.312 e. The second-order valence-corrected chi connectivity index (χ2v) is 7.36. The van der Waals surface area contributed by atoms with Gasteiger partial charge in [0.05, 0.1) is 0 Å². The van der Waals surface area contributed by atoms with Gasteiger partial charge in [0.25, 0.3) is 0 Å². The lowest BCUT2D eigenvalue weighted by molar-refractivity contribution is 0.318. The molecular formula is C21H41N. The van der Waals surface area contributed by atoms with Crippen LogP contribution >= 0.6 is 0 Å². The zero-order valence-electron chi connectivity index (χ0n) is 15.4. The van der Waals surface area contributed by atoms with Gasteiger partial charge in [-0.3, -0.25) is 0 Å². The van der Waals surface area contributed by atoms with E-state index in [2.05, 4.69) is 31.3 Å². The lowest BCUT2D eigenvalue weighted by atomic mass is 9.96. The van der Waals surface area contributed by atoms with Gasteiger partial charge in [0.1, 0.15) is 0 Å². The molecule has 1 nitrogen and oxygen atoms in total. The van der Waals surface area contributed by atoms with Gasteiger partial charge in [-0.15, -0.1) is 0 Å². The van der Waals surface area contributed by atoms with Crippen LogP contribution in [0.1, 0.15) is 110 Å². The third-order valence-corrected chi connectivity index (χ3v) is 5.02. The molecule has 0 spiro atoms. The fraction of sp³-hybridized carbons (Fsp3) is 0.905. The second-order valence-electron chi connectivity index (χ2n) is 7.36. The SMILES string of the molecule is CCCCCCCCCC/C=C\CCC[C@H]1CCC[C@@H](C)N1. The lowest BCUT2D eigenvalue weighted by Crippen LogP contribution is -2.40. The van der Waals surface area contributed by atoms with Gasteiger partial charge in [0.2, 0.25) is 0 Å². The maximum absolute atomic E-state index is 3.74. The average Bonchev–Trinajstić information content (AvgIpc) is 2.52. The molecule has 1 aliphatic heterocycles. The van der Waals surface area contributed by atoms with E-state index >= 15 is 0 Å². The predicted octanol–water partition coefficient (Wildman–Crippen LogP) is 6.77. The molecule has 0 aromatic heterocycles. The Morgan fingerprint density at radius 2 is 1.45 bits per heavy atom. The molecule has 0 amide bonds. The van der Waals surface area contributed by atoms with E-state index in [-0.39, 0.29) is 0 Å². The molecule has 0 aromatic rings. The molecule has 1 heterocycles. The molecule has 1 heteroatoms. The van der Waals surface area contributed by atoms with Gasteiger partial charge in [-0.2, -0.15) is 0 Å². The number of rotatable bonds is 13. The monoisotopic (exact) mass is 307 g/mol. The number of piperidine rings is 1. The van der Waals surface area contributed by atoms with Crippen molar-refractivity contribution in [3.63, 3.8) is 0 Å². The first-order valence-corrected chi connectivity index (χ1v) is 10.2. The Balaban J connectivity index is 1.80. The molecular weight excluding hydrogens is 266 g/mol. The quantitative estimate of drug-likeness (QED) is 0.292. The van der Waals surface area contributed by atoms with Crippen LogP contribution in [0.2, 0.25) is 0 Å². The summed E-state index contributed by atoms with van der Waals surface area (Å²) in [7, 11) is 0. The maximum atomic E-state index is 3.74. The third kappa shape index (κ3) is 11.3. The standard InChI is InChI=1S/C21H41N/c1-3-4-5-6-7-8-9-10-11-12-13-14-15-18-21-19-16-17-20(2)22-21/h12-13,20-22H,3-11,14-19H2,1-2H3/b13-12-/t20-,21+/m1/s1. The topological polar surface area (TPSA) is 12.0 Å². The van der Waals surface area contributed by atoms with E-state index in [4.69, 9.17) is 0 Å². The van der Waals surface area contributed by atoms with Crippen molar-refractivity contribution in [2.45, 2.75) is 122 Å². The van der Waals surface area contributed by atoms with Crippen molar-refractivity contribution < 1.29 is 0 Å². The Morgan fingerprint density at radius 1 is 0.818 bits per heavy atom. The third-order valence-electron chi connectivity index (χ3n) is 5.02. The molecule has 0 saturated carbocycles. The van der Waals surface area contributed by atoms with Crippen LogP contribution in [-0.4, -0.2) is 12.1 Å². The van der Waals surface area contributed by atoms with E-state index < -0.39 is 0 Å². The van der Waals surface area contributed by atoms with E-state index in [9.17, 15) is 0 Å². The number of allylic oxidation sites excluding steroid dienone is 2. The first kappa shape index (κ1) is 19.7. The van der Waals surface area contributed by atoms with Crippen molar-refractivity contribution in [2.75, 3.05) is 0 Å². The highest BCUT2D eigenvalue weighted by atomic mass is 15.0. The van der Waals surface area contributed by atoms with Crippen molar-refractivity contribution >= 4 is 0 Å². The smallest absolute Gasteiger partial charge is 0.00696 e. The number of hydrogen-bond acceptors (Lipinski definition) is 1. The Hall–Kier alpha value is -0.300. The summed E-state index contributed by atoms with van der Waals surface area (Å²) in [5.41, 5.74) is 0. The van der Waals surface area contributed by atoms with Crippen LogP contribution in [-0.2, 0) is 0 Å². The van der Waals surface area contributed by atoms with Crippen LogP contribution in [0, 0.1) is 0 Å². The largest absolute Gasteiger partial charge is 0.312 e. The van der Waals surface area contributed by atoms with Gasteiger partial charge >= 0.3 is 0 Å². The summed E-state index contributed by atoms with van der Waals surface area (Å²) < 4.78 is 0. The van der Waals surface area contributed by atoms with Crippen molar-refractivity contribution in [3.8, 4) is 0 Å². The lowest BCUT2D eigenvalue weighted by Gasteiger charge is -2.28. The summed E-state index contributed by atoms with van der Waals surface area (Å²) >= 11 is 0. The van der Waals surface area contributed by atoms with E-state index in [0.717, 1.165) is 12.1 Å². The maximum Gasteiger partial charge on any atom is 0.00696 e. The highest BCUT2D eigenvalue weighted by Crippen LogP contribution is 2.17. The van der Waals surface area contributed by atoms with Crippen molar-refractivity contribution in [1.29, 1.82) is 0 Å². The van der Waals surface area contributed by atoms with E-state index in [1.807, 2.05) is 0 Å². The zero-order valence-corrected chi connectivity index (χ0v) is 15.4. The summed E-state index contributed by atoms with van der Waals surface area (Å²) in [5, 5.41) is 3.74. The fourth-order valence-electron chi connectivity index (χ4n) is 3.58. The van der Waals surface area contributed by atoms with Crippen LogP contribution in [0.5, 0.6) is 0 Å². The van der Waals surface area contributed by atoms with Crippen molar-refractivity contribution in [2.24, 2.45) is 0 Å². The van der Waals surface area contributed by atoms with Crippen LogP contribution in [0.25, 0.3) is 0 Å². The number of unbranched alkanes of at least 4 members (excludes halogenated alkanes) is 9. The molecule has 0 aromatic carbocycles. The summed E-state index contributed by atoms with van der Waals surface area (Å²) in [6, 6.07) is 1.54. The molecule has 22 heavy (non-hydrogen) atoms. The van der Waals surface area contributed by atoms with Crippen LogP contribution in [0.3, 0.4) is 0 Å². The van der Waals surface area contributed by atoms with E-state index in [0.29, 0.717) is 0 Å². The second kappa shape index (κ2) is 14.3. The molecule has 130 valence electrons. The summed E-state index contributed by atoms with van der Waals surface area (Å²) in [4.78, 5) is 0. The zero-order chi connectivity index (χ0) is 15.9. The Morgan fingerprint density at radius 3 is 2.14 bits per heavy atom. The van der Waals surface area contributed by atoms with Crippen LogP contribution in [0.15, 0.2) is 12.2 Å². The van der Waals surface area contributed by atoms with E-state index in [1.54, 1.807) is 0 Å². The molecule has 1 fully saturated rings. The normalized spacial score (nSPS) is 22.5. The Kier molecular flexibility index (Phi) is 12.8. The highest BCUT2D eigenvalue weighted by molar-refractivity contribution is 4.83. The minimum atomic E-state index is 0.747. The average molecular weight is 308 g/mol. The first-order chi connectivity index (χ1) is 10.8. The van der Waals surface area contributed by atoms with Gasteiger partial charge in [0, 0.05) is 12.1 Å². The molecule has 0 radical (unpaired) electrons. The molecule has 0 unspecified atom stereocenters. The molecule has 1 aliphatic rings. The van der Waals surface area contributed by atoms with Crippen LogP contribution < -0.4 is 5.32 Å². The Labute approximate surface area is 140 Å². The van der Waals surface area contributed by atoms with Gasteiger partial charge in [0.15, 0.2) is 0 Å². The predicted molar refractivity (Wildman–Crippen MR) is 100 cm³/mol.